The smallest absolute Gasteiger partial charge is 0.124 e. The Balaban J connectivity index is 1.86. The largest absolute Gasteiger partial charge is 0.489 e. The second-order valence-corrected chi connectivity index (χ2v) is 6.37. The van der Waals surface area contributed by atoms with Crippen molar-refractivity contribution in [1.82, 2.24) is 5.32 Å². The van der Waals surface area contributed by atoms with Gasteiger partial charge in [-0.1, -0.05) is 49.4 Å². The zero-order valence-corrected chi connectivity index (χ0v) is 14.8. The first-order valence-corrected chi connectivity index (χ1v) is 8.78. The van der Waals surface area contributed by atoms with Crippen molar-refractivity contribution in [2.45, 2.75) is 39.5 Å². The number of halogens is 1. The highest BCUT2D eigenvalue weighted by Crippen LogP contribution is 2.29. The molecule has 0 aliphatic rings. The molecule has 3 aromatic rings. The fraction of sp³-hybridized carbons (Fsp3) is 0.273. The summed E-state index contributed by atoms with van der Waals surface area (Å²) in [7, 11) is 0. The van der Waals surface area contributed by atoms with Gasteiger partial charge in [0.1, 0.15) is 18.2 Å². The van der Waals surface area contributed by atoms with Gasteiger partial charge < -0.3 is 10.1 Å². The molecular formula is C22H24FNO. The molecule has 1 N–H and O–H groups in total. The van der Waals surface area contributed by atoms with Gasteiger partial charge in [0.15, 0.2) is 0 Å². The van der Waals surface area contributed by atoms with Gasteiger partial charge in [-0.15, -0.1) is 0 Å². The maximum absolute atomic E-state index is 13.0. The Morgan fingerprint density at radius 2 is 1.76 bits per heavy atom. The molecule has 0 spiro atoms. The van der Waals surface area contributed by atoms with Crippen molar-refractivity contribution >= 4 is 10.8 Å². The SMILES string of the molecule is CCC(C)NCc1c(OCc2ccc(F)cc2)ccc2ccccc12. The van der Waals surface area contributed by atoms with E-state index in [1.165, 1.54) is 28.5 Å². The molecule has 0 amide bonds. The molecule has 3 aromatic carbocycles. The first-order valence-electron chi connectivity index (χ1n) is 8.78. The summed E-state index contributed by atoms with van der Waals surface area (Å²) in [5.41, 5.74) is 2.12. The highest BCUT2D eigenvalue weighted by Gasteiger charge is 2.10. The minimum Gasteiger partial charge on any atom is -0.489 e. The van der Waals surface area contributed by atoms with E-state index >= 15 is 0 Å². The maximum Gasteiger partial charge on any atom is 0.124 e. The van der Waals surface area contributed by atoms with Gasteiger partial charge in [-0.2, -0.15) is 0 Å². The summed E-state index contributed by atoms with van der Waals surface area (Å²) in [5.74, 6) is 0.645. The van der Waals surface area contributed by atoms with Crippen molar-refractivity contribution in [3.8, 4) is 5.75 Å². The normalized spacial score (nSPS) is 12.3. The van der Waals surface area contributed by atoms with Crippen LogP contribution in [0, 0.1) is 5.82 Å². The fourth-order valence-electron chi connectivity index (χ4n) is 2.80. The number of ether oxygens (including phenoxy) is 1. The first kappa shape index (κ1) is 17.4. The molecule has 2 nitrogen and oxygen atoms in total. The predicted octanol–water partition coefficient (Wildman–Crippen LogP) is 5.45. The third-order valence-electron chi connectivity index (χ3n) is 4.54. The molecule has 0 aliphatic heterocycles. The summed E-state index contributed by atoms with van der Waals surface area (Å²) < 4.78 is 19.1. The summed E-state index contributed by atoms with van der Waals surface area (Å²) >= 11 is 0. The second kappa shape index (κ2) is 8.13. The maximum atomic E-state index is 13.0. The van der Waals surface area contributed by atoms with Crippen molar-refractivity contribution in [2.75, 3.05) is 0 Å². The van der Waals surface area contributed by atoms with Crippen LogP contribution in [0.1, 0.15) is 31.4 Å². The molecule has 3 heteroatoms. The Labute approximate surface area is 148 Å². The van der Waals surface area contributed by atoms with E-state index in [1.807, 2.05) is 12.1 Å². The van der Waals surface area contributed by atoms with Gasteiger partial charge in [-0.05, 0) is 47.9 Å². The molecule has 0 aromatic heterocycles. The van der Waals surface area contributed by atoms with Gasteiger partial charge in [0, 0.05) is 18.2 Å². The summed E-state index contributed by atoms with van der Waals surface area (Å²) in [6.07, 6.45) is 1.08. The van der Waals surface area contributed by atoms with Crippen LogP contribution >= 0.6 is 0 Å². The Hall–Kier alpha value is -2.39. The molecule has 25 heavy (non-hydrogen) atoms. The standard InChI is InChI=1S/C22H24FNO/c1-3-16(2)24-14-21-20-7-5-4-6-18(20)10-13-22(21)25-15-17-8-11-19(23)12-9-17/h4-13,16,24H,3,14-15H2,1-2H3. The van der Waals surface area contributed by atoms with Crippen molar-refractivity contribution in [3.05, 3.63) is 77.6 Å². The lowest BCUT2D eigenvalue weighted by atomic mass is 10.0. The molecule has 1 atom stereocenters. The highest BCUT2D eigenvalue weighted by atomic mass is 19.1. The van der Waals surface area contributed by atoms with Crippen LogP contribution in [0.25, 0.3) is 10.8 Å². The highest BCUT2D eigenvalue weighted by molar-refractivity contribution is 5.87. The zero-order chi connectivity index (χ0) is 17.6. The number of benzene rings is 3. The second-order valence-electron chi connectivity index (χ2n) is 6.37. The fourth-order valence-corrected chi connectivity index (χ4v) is 2.80. The van der Waals surface area contributed by atoms with Gasteiger partial charge in [0.25, 0.3) is 0 Å². The summed E-state index contributed by atoms with van der Waals surface area (Å²) in [4.78, 5) is 0. The summed E-state index contributed by atoms with van der Waals surface area (Å²) in [6.45, 7) is 5.54. The lowest BCUT2D eigenvalue weighted by molar-refractivity contribution is 0.302. The third-order valence-corrected chi connectivity index (χ3v) is 4.54. The number of hydrogen-bond acceptors (Lipinski definition) is 2. The predicted molar refractivity (Wildman–Crippen MR) is 101 cm³/mol. The van der Waals surface area contributed by atoms with Crippen LogP contribution in [0.4, 0.5) is 4.39 Å². The van der Waals surface area contributed by atoms with E-state index in [0.29, 0.717) is 12.6 Å². The van der Waals surface area contributed by atoms with Crippen LogP contribution in [0.3, 0.4) is 0 Å². The van der Waals surface area contributed by atoms with E-state index in [0.717, 1.165) is 24.3 Å². The molecule has 0 aliphatic carbocycles. The van der Waals surface area contributed by atoms with E-state index in [-0.39, 0.29) is 5.82 Å². The van der Waals surface area contributed by atoms with Crippen molar-refractivity contribution in [1.29, 1.82) is 0 Å². The van der Waals surface area contributed by atoms with Gasteiger partial charge in [0.2, 0.25) is 0 Å². The van der Waals surface area contributed by atoms with Crippen LogP contribution in [0.5, 0.6) is 5.75 Å². The number of nitrogens with one attached hydrogen (secondary N) is 1. The summed E-state index contributed by atoms with van der Waals surface area (Å²) in [5, 5.41) is 5.97. The molecule has 0 saturated carbocycles. The quantitative estimate of drug-likeness (QED) is 0.619. The Morgan fingerprint density at radius 3 is 2.52 bits per heavy atom. The number of fused-ring (bicyclic) bond motifs is 1. The van der Waals surface area contributed by atoms with E-state index < -0.39 is 0 Å². The Bertz CT molecular complexity index is 829. The van der Waals surface area contributed by atoms with E-state index in [9.17, 15) is 4.39 Å². The monoisotopic (exact) mass is 337 g/mol. The van der Waals surface area contributed by atoms with E-state index in [1.54, 1.807) is 12.1 Å². The summed E-state index contributed by atoms with van der Waals surface area (Å²) in [6, 6.07) is 19.4. The van der Waals surface area contributed by atoms with Crippen LogP contribution in [0.15, 0.2) is 60.7 Å². The molecule has 0 saturated heterocycles. The van der Waals surface area contributed by atoms with Gasteiger partial charge in [-0.3, -0.25) is 0 Å². The van der Waals surface area contributed by atoms with Crippen molar-refractivity contribution < 1.29 is 9.13 Å². The molecule has 0 fully saturated rings. The van der Waals surface area contributed by atoms with E-state index in [4.69, 9.17) is 4.74 Å². The molecule has 0 heterocycles. The third kappa shape index (κ3) is 4.37. The van der Waals surface area contributed by atoms with Gasteiger partial charge in [-0.25, -0.2) is 4.39 Å². The molecule has 3 rings (SSSR count). The minimum absolute atomic E-state index is 0.229. The van der Waals surface area contributed by atoms with E-state index in [2.05, 4.69) is 43.4 Å². The zero-order valence-electron chi connectivity index (χ0n) is 14.8. The van der Waals surface area contributed by atoms with Crippen molar-refractivity contribution in [3.63, 3.8) is 0 Å². The average molecular weight is 337 g/mol. The number of hydrogen-bond donors (Lipinski definition) is 1. The minimum atomic E-state index is -0.229. The van der Waals surface area contributed by atoms with Crippen molar-refractivity contribution in [2.24, 2.45) is 0 Å². The lowest BCUT2D eigenvalue weighted by Crippen LogP contribution is -2.24. The molecule has 0 radical (unpaired) electrons. The van der Waals surface area contributed by atoms with Crippen LogP contribution in [0.2, 0.25) is 0 Å². The van der Waals surface area contributed by atoms with Gasteiger partial charge in [0.05, 0.1) is 0 Å². The average Bonchev–Trinajstić information content (AvgIpc) is 2.65. The van der Waals surface area contributed by atoms with Crippen LogP contribution in [-0.2, 0) is 13.2 Å². The molecular weight excluding hydrogens is 313 g/mol. The Morgan fingerprint density at radius 1 is 1.00 bits per heavy atom. The Kier molecular flexibility index (Phi) is 5.67. The molecule has 130 valence electrons. The van der Waals surface area contributed by atoms with Crippen LogP contribution in [-0.4, -0.2) is 6.04 Å². The first-order chi connectivity index (χ1) is 12.2. The lowest BCUT2D eigenvalue weighted by Gasteiger charge is -2.17. The number of rotatable bonds is 7. The molecule has 1 unspecified atom stereocenters. The topological polar surface area (TPSA) is 21.3 Å². The van der Waals surface area contributed by atoms with Gasteiger partial charge >= 0.3 is 0 Å². The van der Waals surface area contributed by atoms with Crippen LogP contribution < -0.4 is 10.1 Å². The molecule has 0 bridgehead atoms.